The number of piperidine rings is 1. The number of likely N-dealkylation sites (tertiary alicyclic amines) is 1. The standard InChI is InChI=1S/C13H27N3O/c1-15-10-4-3-6-12(15)8-11-16(2)13(17)7-5-9-14/h12H,3-11,14H2,1-2H3. The Kier molecular flexibility index (Phi) is 6.52. The summed E-state index contributed by atoms with van der Waals surface area (Å²) >= 11 is 0. The van der Waals surface area contributed by atoms with Gasteiger partial charge in [-0.25, -0.2) is 0 Å². The third-order valence-electron chi connectivity index (χ3n) is 3.74. The summed E-state index contributed by atoms with van der Waals surface area (Å²) in [4.78, 5) is 16.0. The zero-order chi connectivity index (χ0) is 12.7. The first-order valence-electron chi connectivity index (χ1n) is 6.79. The van der Waals surface area contributed by atoms with Gasteiger partial charge < -0.3 is 15.5 Å². The van der Waals surface area contributed by atoms with Crippen molar-refractivity contribution >= 4 is 5.91 Å². The summed E-state index contributed by atoms with van der Waals surface area (Å²) < 4.78 is 0. The summed E-state index contributed by atoms with van der Waals surface area (Å²) in [6.07, 6.45) is 6.42. The van der Waals surface area contributed by atoms with Crippen LogP contribution >= 0.6 is 0 Å². The van der Waals surface area contributed by atoms with Crippen molar-refractivity contribution < 1.29 is 4.79 Å². The van der Waals surface area contributed by atoms with E-state index in [1.54, 1.807) is 0 Å². The Morgan fingerprint density at radius 1 is 1.47 bits per heavy atom. The number of carbonyl (C=O) groups is 1. The Hall–Kier alpha value is -0.610. The number of hydrogen-bond donors (Lipinski definition) is 1. The lowest BCUT2D eigenvalue weighted by molar-refractivity contribution is -0.130. The fraction of sp³-hybridized carbons (Fsp3) is 0.923. The molecule has 0 spiro atoms. The van der Waals surface area contributed by atoms with Crippen molar-refractivity contribution in [3.05, 3.63) is 0 Å². The molecular formula is C13H27N3O. The molecular weight excluding hydrogens is 214 g/mol. The van der Waals surface area contributed by atoms with Crippen molar-refractivity contribution in [1.29, 1.82) is 0 Å². The predicted molar refractivity (Wildman–Crippen MR) is 70.8 cm³/mol. The van der Waals surface area contributed by atoms with Crippen molar-refractivity contribution in [1.82, 2.24) is 9.80 Å². The van der Waals surface area contributed by atoms with Gasteiger partial charge in [-0.15, -0.1) is 0 Å². The van der Waals surface area contributed by atoms with E-state index < -0.39 is 0 Å². The molecule has 1 saturated heterocycles. The third kappa shape index (κ3) is 5.04. The zero-order valence-corrected chi connectivity index (χ0v) is 11.3. The minimum absolute atomic E-state index is 0.230. The summed E-state index contributed by atoms with van der Waals surface area (Å²) in [7, 11) is 4.10. The largest absolute Gasteiger partial charge is 0.346 e. The van der Waals surface area contributed by atoms with Gasteiger partial charge in [-0.2, -0.15) is 0 Å². The summed E-state index contributed by atoms with van der Waals surface area (Å²) in [6, 6.07) is 0.661. The molecule has 0 bridgehead atoms. The van der Waals surface area contributed by atoms with Crippen molar-refractivity contribution in [3.8, 4) is 0 Å². The molecule has 4 heteroatoms. The number of carbonyl (C=O) groups excluding carboxylic acids is 1. The highest BCUT2D eigenvalue weighted by molar-refractivity contribution is 5.75. The quantitative estimate of drug-likeness (QED) is 0.756. The van der Waals surface area contributed by atoms with E-state index in [-0.39, 0.29) is 5.91 Å². The van der Waals surface area contributed by atoms with Gasteiger partial charge in [-0.05, 0) is 45.8 Å². The van der Waals surface area contributed by atoms with Crippen LogP contribution in [-0.4, -0.2) is 55.5 Å². The molecule has 0 aromatic heterocycles. The van der Waals surface area contributed by atoms with E-state index >= 15 is 0 Å². The molecule has 1 fully saturated rings. The first-order valence-corrected chi connectivity index (χ1v) is 6.79. The van der Waals surface area contributed by atoms with Gasteiger partial charge >= 0.3 is 0 Å². The normalized spacial score (nSPS) is 21.5. The Bertz CT molecular complexity index is 233. The van der Waals surface area contributed by atoms with E-state index in [4.69, 9.17) is 5.73 Å². The van der Waals surface area contributed by atoms with Crippen molar-refractivity contribution in [2.24, 2.45) is 5.73 Å². The van der Waals surface area contributed by atoms with Crippen LogP contribution in [0.1, 0.15) is 38.5 Å². The fourth-order valence-electron chi connectivity index (χ4n) is 2.42. The summed E-state index contributed by atoms with van der Waals surface area (Å²) in [5, 5.41) is 0. The van der Waals surface area contributed by atoms with Crippen LogP contribution in [0.3, 0.4) is 0 Å². The molecule has 1 aliphatic rings. The molecule has 2 N–H and O–H groups in total. The number of rotatable bonds is 6. The molecule has 17 heavy (non-hydrogen) atoms. The second-order valence-electron chi connectivity index (χ2n) is 5.13. The maximum absolute atomic E-state index is 11.7. The average Bonchev–Trinajstić information content (AvgIpc) is 2.34. The topological polar surface area (TPSA) is 49.6 Å². The first-order chi connectivity index (χ1) is 8.15. The first kappa shape index (κ1) is 14.5. The molecule has 100 valence electrons. The van der Waals surface area contributed by atoms with Crippen LogP contribution in [0.2, 0.25) is 0 Å². The van der Waals surface area contributed by atoms with Gasteiger partial charge in [0.1, 0.15) is 0 Å². The Morgan fingerprint density at radius 2 is 2.24 bits per heavy atom. The van der Waals surface area contributed by atoms with Gasteiger partial charge in [0.15, 0.2) is 0 Å². The van der Waals surface area contributed by atoms with E-state index in [9.17, 15) is 4.79 Å². The lowest BCUT2D eigenvalue weighted by Gasteiger charge is -2.33. The Balaban J connectivity index is 2.22. The Morgan fingerprint density at radius 3 is 2.88 bits per heavy atom. The summed E-state index contributed by atoms with van der Waals surface area (Å²) in [6.45, 7) is 2.68. The zero-order valence-electron chi connectivity index (χ0n) is 11.3. The third-order valence-corrected chi connectivity index (χ3v) is 3.74. The second kappa shape index (κ2) is 7.67. The maximum atomic E-state index is 11.7. The van der Waals surface area contributed by atoms with Crippen LogP contribution in [0.25, 0.3) is 0 Å². The molecule has 0 aliphatic carbocycles. The van der Waals surface area contributed by atoms with E-state index in [1.807, 2.05) is 11.9 Å². The average molecular weight is 241 g/mol. The number of nitrogens with zero attached hydrogens (tertiary/aromatic N) is 2. The smallest absolute Gasteiger partial charge is 0.222 e. The lowest BCUT2D eigenvalue weighted by Crippen LogP contribution is -2.39. The monoisotopic (exact) mass is 241 g/mol. The predicted octanol–water partition coefficient (Wildman–Crippen LogP) is 1.06. The molecule has 4 nitrogen and oxygen atoms in total. The summed E-state index contributed by atoms with van der Waals surface area (Å²) in [5.74, 6) is 0.230. The molecule has 1 aliphatic heterocycles. The SMILES string of the molecule is CN(CCC1CCCCN1C)C(=O)CCCN. The molecule has 0 aromatic rings. The van der Waals surface area contributed by atoms with Gasteiger partial charge in [0.2, 0.25) is 5.91 Å². The minimum Gasteiger partial charge on any atom is -0.346 e. The van der Waals surface area contributed by atoms with Crippen molar-refractivity contribution in [2.45, 2.75) is 44.6 Å². The van der Waals surface area contributed by atoms with E-state index in [1.165, 1.54) is 25.8 Å². The molecule has 1 amide bonds. The van der Waals surface area contributed by atoms with E-state index in [0.717, 1.165) is 19.4 Å². The molecule has 1 rings (SSSR count). The Labute approximate surface area is 105 Å². The molecule has 0 aromatic carbocycles. The molecule has 1 unspecified atom stereocenters. The van der Waals surface area contributed by atoms with Crippen LogP contribution in [0.15, 0.2) is 0 Å². The highest BCUT2D eigenvalue weighted by Gasteiger charge is 2.19. The molecule has 1 atom stereocenters. The van der Waals surface area contributed by atoms with Gasteiger partial charge in [-0.1, -0.05) is 6.42 Å². The van der Waals surface area contributed by atoms with Crippen molar-refractivity contribution in [3.63, 3.8) is 0 Å². The van der Waals surface area contributed by atoms with Crippen molar-refractivity contribution in [2.75, 3.05) is 33.7 Å². The maximum Gasteiger partial charge on any atom is 0.222 e. The summed E-state index contributed by atoms with van der Waals surface area (Å²) in [5.41, 5.74) is 5.41. The second-order valence-corrected chi connectivity index (χ2v) is 5.13. The van der Waals surface area contributed by atoms with Crippen LogP contribution in [0, 0.1) is 0 Å². The van der Waals surface area contributed by atoms with Gasteiger partial charge in [0.25, 0.3) is 0 Å². The lowest BCUT2D eigenvalue weighted by atomic mass is 10.00. The molecule has 0 saturated carbocycles. The van der Waals surface area contributed by atoms with Crippen LogP contribution in [0.5, 0.6) is 0 Å². The minimum atomic E-state index is 0.230. The molecule has 1 heterocycles. The highest BCUT2D eigenvalue weighted by atomic mass is 16.2. The highest BCUT2D eigenvalue weighted by Crippen LogP contribution is 2.17. The number of hydrogen-bond acceptors (Lipinski definition) is 3. The van der Waals surface area contributed by atoms with E-state index in [0.29, 0.717) is 19.0 Å². The van der Waals surface area contributed by atoms with Crippen LogP contribution in [0.4, 0.5) is 0 Å². The van der Waals surface area contributed by atoms with Gasteiger partial charge in [0, 0.05) is 26.1 Å². The fourth-order valence-corrected chi connectivity index (χ4v) is 2.42. The number of amides is 1. The van der Waals surface area contributed by atoms with Gasteiger partial charge in [0.05, 0.1) is 0 Å². The van der Waals surface area contributed by atoms with Crippen LogP contribution < -0.4 is 5.73 Å². The van der Waals surface area contributed by atoms with Crippen LogP contribution in [-0.2, 0) is 4.79 Å². The number of nitrogens with two attached hydrogens (primary N) is 1. The van der Waals surface area contributed by atoms with E-state index in [2.05, 4.69) is 11.9 Å². The molecule has 0 radical (unpaired) electrons. The van der Waals surface area contributed by atoms with Gasteiger partial charge in [-0.3, -0.25) is 4.79 Å².